The van der Waals surface area contributed by atoms with Crippen LogP contribution in [0.1, 0.15) is 55.8 Å². The van der Waals surface area contributed by atoms with Crippen molar-refractivity contribution in [3.8, 4) is 11.4 Å². The Kier molecular flexibility index (Phi) is 9.32. The van der Waals surface area contributed by atoms with Crippen LogP contribution in [0.3, 0.4) is 0 Å². The molecule has 46 heavy (non-hydrogen) atoms. The molecule has 1 aliphatic rings. The van der Waals surface area contributed by atoms with E-state index in [0.717, 1.165) is 38.5 Å². The number of thiophene rings is 1. The van der Waals surface area contributed by atoms with E-state index in [-0.39, 0.29) is 30.2 Å². The van der Waals surface area contributed by atoms with Gasteiger partial charge in [-0.05, 0) is 67.1 Å². The highest BCUT2D eigenvalue weighted by molar-refractivity contribution is 7.99. The van der Waals surface area contributed by atoms with Crippen molar-refractivity contribution in [2.45, 2.75) is 44.9 Å². The van der Waals surface area contributed by atoms with E-state index in [4.69, 9.17) is 9.84 Å². The van der Waals surface area contributed by atoms with Crippen LogP contribution in [0.25, 0.3) is 5.69 Å². The minimum absolute atomic E-state index is 0.111. The molecule has 234 valence electrons. The van der Waals surface area contributed by atoms with Crippen molar-refractivity contribution in [3.63, 3.8) is 0 Å². The third-order valence-electron chi connectivity index (χ3n) is 8.03. The Bertz CT molecular complexity index is 1900. The summed E-state index contributed by atoms with van der Waals surface area (Å²) < 4.78 is 7.29. The highest BCUT2D eigenvalue weighted by atomic mass is 32.2. The van der Waals surface area contributed by atoms with Crippen LogP contribution in [0.4, 0.5) is 0 Å². The summed E-state index contributed by atoms with van der Waals surface area (Å²) in [5, 5.41) is 20.9. The summed E-state index contributed by atoms with van der Waals surface area (Å²) in [6.07, 6.45) is 0.648. The molecular formula is C35H34N6O3S2. The van der Waals surface area contributed by atoms with Crippen LogP contribution < -0.4 is 10.1 Å². The van der Waals surface area contributed by atoms with Crippen LogP contribution in [-0.4, -0.2) is 50.2 Å². The van der Waals surface area contributed by atoms with Gasteiger partial charge in [0.1, 0.15) is 5.75 Å². The van der Waals surface area contributed by atoms with Crippen LogP contribution in [0.2, 0.25) is 0 Å². The lowest BCUT2D eigenvalue weighted by Gasteiger charge is -2.22. The number of aromatic nitrogens is 3. The van der Waals surface area contributed by atoms with E-state index >= 15 is 0 Å². The second-order valence-corrected chi connectivity index (χ2v) is 12.9. The molecule has 11 heteroatoms. The standard InChI is InChI=1S/C35H34N6O3S2/c1-22-14-16-25(17-15-22)29-19-27(31-13-8-18-45-31)39-41(29)33(42)21-46-35-38-37-32(40(35)28-11-7-9-23(2)24(28)3)20-36-34(43)26-10-5-6-12-30(26)44-4/h5-18,29H,19-21H2,1-4H3,(H,36,43)/t29-/m0/s1. The van der Waals surface area contributed by atoms with Gasteiger partial charge in [-0.25, -0.2) is 5.01 Å². The lowest BCUT2D eigenvalue weighted by atomic mass is 10.00. The monoisotopic (exact) mass is 650 g/mol. The maximum Gasteiger partial charge on any atom is 0.255 e. The number of hydrogen-bond acceptors (Lipinski definition) is 8. The van der Waals surface area contributed by atoms with Crippen LogP contribution in [0.5, 0.6) is 5.75 Å². The molecule has 1 atom stereocenters. The fourth-order valence-corrected chi connectivity index (χ4v) is 6.92. The van der Waals surface area contributed by atoms with Crippen LogP contribution >= 0.6 is 23.1 Å². The predicted octanol–water partition coefficient (Wildman–Crippen LogP) is 6.66. The van der Waals surface area contributed by atoms with Gasteiger partial charge < -0.3 is 10.1 Å². The molecule has 3 heterocycles. The van der Waals surface area contributed by atoms with Crippen LogP contribution in [-0.2, 0) is 11.3 Å². The molecule has 2 amide bonds. The number of nitrogens with zero attached hydrogens (tertiary/aromatic N) is 5. The highest BCUT2D eigenvalue weighted by Gasteiger charge is 2.33. The predicted molar refractivity (Wildman–Crippen MR) is 182 cm³/mol. The number of ether oxygens (including phenoxy) is 1. The number of aryl methyl sites for hydroxylation is 2. The maximum atomic E-state index is 13.9. The lowest BCUT2D eigenvalue weighted by molar-refractivity contribution is -0.130. The number of carbonyl (C=O) groups excluding carboxylic acids is 2. The number of carbonyl (C=O) groups is 2. The fourth-order valence-electron chi connectivity index (χ4n) is 5.39. The van der Waals surface area contributed by atoms with Gasteiger partial charge in [-0.2, -0.15) is 5.10 Å². The number of hydrazone groups is 1. The van der Waals surface area contributed by atoms with Crippen molar-refractivity contribution >= 4 is 40.6 Å². The summed E-state index contributed by atoms with van der Waals surface area (Å²) in [5.74, 6) is 0.738. The molecule has 0 spiro atoms. The Morgan fingerprint density at radius 2 is 1.78 bits per heavy atom. The van der Waals surface area contributed by atoms with Crippen molar-refractivity contribution in [3.05, 3.63) is 123 Å². The van der Waals surface area contributed by atoms with Gasteiger partial charge >= 0.3 is 0 Å². The average molecular weight is 651 g/mol. The van der Waals surface area contributed by atoms with Crippen molar-refractivity contribution < 1.29 is 14.3 Å². The molecule has 6 rings (SSSR count). The molecule has 5 aromatic rings. The molecule has 3 aromatic carbocycles. The second kappa shape index (κ2) is 13.7. The van der Waals surface area contributed by atoms with Gasteiger partial charge in [-0.15, -0.1) is 21.5 Å². The number of rotatable bonds is 10. The summed E-state index contributed by atoms with van der Waals surface area (Å²) in [6.45, 7) is 6.26. The molecule has 0 saturated heterocycles. The van der Waals surface area contributed by atoms with Gasteiger partial charge in [0.25, 0.3) is 11.8 Å². The van der Waals surface area contributed by atoms with E-state index in [1.807, 2.05) is 60.2 Å². The quantitative estimate of drug-likeness (QED) is 0.170. The first kappa shape index (κ1) is 31.3. The zero-order valence-corrected chi connectivity index (χ0v) is 27.7. The molecule has 2 aromatic heterocycles. The summed E-state index contributed by atoms with van der Waals surface area (Å²) in [7, 11) is 1.54. The first-order valence-corrected chi connectivity index (χ1v) is 16.8. The molecule has 0 radical (unpaired) electrons. The zero-order chi connectivity index (χ0) is 32.2. The molecule has 0 unspecified atom stereocenters. The van der Waals surface area contributed by atoms with Crippen molar-refractivity contribution in [2.24, 2.45) is 5.10 Å². The Labute approximate surface area is 276 Å². The zero-order valence-electron chi connectivity index (χ0n) is 26.1. The van der Waals surface area contributed by atoms with Crippen molar-refractivity contribution in [2.75, 3.05) is 12.9 Å². The van der Waals surface area contributed by atoms with Gasteiger partial charge in [0, 0.05) is 6.42 Å². The number of benzene rings is 3. The summed E-state index contributed by atoms with van der Waals surface area (Å²) in [6, 6.07) is 25.2. The molecule has 0 bridgehead atoms. The topological polar surface area (TPSA) is 102 Å². The van der Waals surface area contributed by atoms with Crippen molar-refractivity contribution in [1.29, 1.82) is 0 Å². The van der Waals surface area contributed by atoms with E-state index < -0.39 is 0 Å². The Hall–Kier alpha value is -4.74. The maximum absolute atomic E-state index is 13.9. The lowest BCUT2D eigenvalue weighted by Crippen LogP contribution is -2.28. The van der Waals surface area contributed by atoms with Gasteiger partial charge in [0.2, 0.25) is 0 Å². The number of methoxy groups -OCH3 is 1. The van der Waals surface area contributed by atoms with Gasteiger partial charge in [0.15, 0.2) is 11.0 Å². The summed E-state index contributed by atoms with van der Waals surface area (Å²) in [5.41, 5.74) is 6.59. The summed E-state index contributed by atoms with van der Waals surface area (Å²) >= 11 is 2.93. The first-order chi connectivity index (χ1) is 22.3. The molecule has 1 N–H and O–H groups in total. The van der Waals surface area contributed by atoms with E-state index in [0.29, 0.717) is 28.7 Å². The van der Waals surface area contributed by atoms with E-state index in [1.54, 1.807) is 34.5 Å². The SMILES string of the molecule is COc1ccccc1C(=O)NCc1nnc(SCC(=O)N2N=C(c3cccs3)C[C@H]2c2ccc(C)cc2)n1-c1cccc(C)c1C. The van der Waals surface area contributed by atoms with E-state index in [2.05, 4.69) is 46.7 Å². The Morgan fingerprint density at radius 1 is 0.978 bits per heavy atom. The number of hydrogen-bond donors (Lipinski definition) is 1. The molecule has 0 saturated carbocycles. The minimum atomic E-state index is -0.284. The molecule has 0 fully saturated rings. The van der Waals surface area contributed by atoms with E-state index in [1.165, 1.54) is 18.9 Å². The van der Waals surface area contributed by atoms with Gasteiger partial charge in [0.05, 0.1) is 47.3 Å². The number of para-hydroxylation sites is 1. The minimum Gasteiger partial charge on any atom is -0.496 e. The normalized spacial score (nSPS) is 14.3. The third-order valence-corrected chi connectivity index (χ3v) is 9.87. The number of amides is 2. The molecular weight excluding hydrogens is 617 g/mol. The van der Waals surface area contributed by atoms with Crippen molar-refractivity contribution in [1.82, 2.24) is 25.1 Å². The van der Waals surface area contributed by atoms with E-state index in [9.17, 15) is 9.59 Å². The smallest absolute Gasteiger partial charge is 0.255 e. The molecule has 1 aliphatic heterocycles. The third kappa shape index (κ3) is 6.47. The average Bonchev–Trinajstić information content (AvgIpc) is 3.85. The Balaban J connectivity index is 1.26. The molecule has 0 aliphatic carbocycles. The van der Waals surface area contributed by atoms with Gasteiger partial charge in [-0.1, -0.05) is 71.9 Å². The second-order valence-electron chi connectivity index (χ2n) is 11.0. The van der Waals surface area contributed by atoms with Crippen LogP contribution in [0, 0.1) is 20.8 Å². The highest BCUT2D eigenvalue weighted by Crippen LogP contribution is 2.35. The van der Waals surface area contributed by atoms with Crippen LogP contribution in [0.15, 0.2) is 94.5 Å². The number of nitrogens with one attached hydrogen (secondary N) is 1. The first-order valence-electron chi connectivity index (χ1n) is 14.9. The Morgan fingerprint density at radius 3 is 2.54 bits per heavy atom. The summed E-state index contributed by atoms with van der Waals surface area (Å²) in [4.78, 5) is 28.0. The fraction of sp³-hybridized carbons (Fsp3) is 0.229. The number of thioether (sulfide) groups is 1. The molecule has 9 nitrogen and oxygen atoms in total. The largest absolute Gasteiger partial charge is 0.496 e. The van der Waals surface area contributed by atoms with Gasteiger partial charge in [-0.3, -0.25) is 14.2 Å².